The van der Waals surface area contributed by atoms with Crippen LogP contribution in [0.2, 0.25) is 0 Å². The molecular weight excluding hydrogens is 304 g/mol. The molecule has 0 radical (unpaired) electrons. The molecule has 1 N–H and O–H groups in total. The molecular formula is C19H20N2O3. The molecule has 0 saturated carbocycles. The van der Waals surface area contributed by atoms with E-state index in [4.69, 9.17) is 4.74 Å². The molecule has 0 bridgehead atoms. The standard InChI is InChI=1S/C19H20N2O3/c1-3-13-4-7-15(8-5-13)20-19(23)14-6-9-17-16(12-14)21(2)18(22)10-11-24-17/h4-9,12H,3,10-11H2,1-2H3,(H,20,23). The summed E-state index contributed by atoms with van der Waals surface area (Å²) < 4.78 is 5.57. The molecule has 1 aliphatic heterocycles. The van der Waals surface area contributed by atoms with Crippen molar-refractivity contribution >= 4 is 23.2 Å². The van der Waals surface area contributed by atoms with Crippen molar-refractivity contribution in [1.82, 2.24) is 0 Å². The molecule has 3 rings (SSSR count). The first-order chi connectivity index (χ1) is 11.6. The van der Waals surface area contributed by atoms with Gasteiger partial charge in [-0.15, -0.1) is 0 Å². The number of fused-ring (bicyclic) bond motifs is 1. The number of benzene rings is 2. The van der Waals surface area contributed by atoms with E-state index in [1.54, 1.807) is 25.2 Å². The van der Waals surface area contributed by atoms with Crippen LogP contribution in [-0.4, -0.2) is 25.5 Å². The SMILES string of the molecule is CCc1ccc(NC(=O)c2ccc3c(c2)N(C)C(=O)CCO3)cc1. The number of nitrogens with one attached hydrogen (secondary N) is 1. The Bertz CT molecular complexity index is 769. The molecule has 0 unspecified atom stereocenters. The zero-order chi connectivity index (χ0) is 17.1. The van der Waals surface area contributed by atoms with E-state index in [1.807, 2.05) is 24.3 Å². The molecule has 2 aromatic carbocycles. The molecule has 1 heterocycles. The average molecular weight is 324 g/mol. The number of carbonyl (C=O) groups is 2. The first-order valence-electron chi connectivity index (χ1n) is 8.02. The minimum absolute atomic E-state index is 0.0264. The molecule has 124 valence electrons. The van der Waals surface area contributed by atoms with Crippen LogP contribution in [0.3, 0.4) is 0 Å². The third-order valence-corrected chi connectivity index (χ3v) is 4.15. The molecule has 2 amide bonds. The number of hydrogen-bond acceptors (Lipinski definition) is 3. The fraction of sp³-hybridized carbons (Fsp3) is 0.263. The van der Waals surface area contributed by atoms with Crippen LogP contribution in [0.5, 0.6) is 5.75 Å². The Hall–Kier alpha value is -2.82. The molecule has 0 aromatic heterocycles. The quantitative estimate of drug-likeness (QED) is 0.943. The molecule has 0 fully saturated rings. The van der Waals surface area contributed by atoms with Gasteiger partial charge < -0.3 is 15.0 Å². The van der Waals surface area contributed by atoms with Crippen LogP contribution < -0.4 is 15.0 Å². The maximum absolute atomic E-state index is 12.5. The van der Waals surface area contributed by atoms with Crippen molar-refractivity contribution in [2.75, 3.05) is 23.9 Å². The molecule has 24 heavy (non-hydrogen) atoms. The number of anilines is 2. The van der Waals surface area contributed by atoms with E-state index in [0.29, 0.717) is 30.0 Å². The predicted molar refractivity (Wildman–Crippen MR) is 93.7 cm³/mol. The van der Waals surface area contributed by atoms with Crippen molar-refractivity contribution < 1.29 is 14.3 Å². The van der Waals surface area contributed by atoms with Crippen LogP contribution >= 0.6 is 0 Å². The number of hydrogen-bond donors (Lipinski definition) is 1. The lowest BCUT2D eigenvalue weighted by atomic mass is 10.1. The summed E-state index contributed by atoms with van der Waals surface area (Å²) in [5.41, 5.74) is 3.06. The number of aryl methyl sites for hydroxylation is 1. The van der Waals surface area contributed by atoms with E-state index in [2.05, 4.69) is 12.2 Å². The Morgan fingerprint density at radius 3 is 2.67 bits per heavy atom. The number of nitrogens with zero attached hydrogens (tertiary/aromatic N) is 1. The zero-order valence-corrected chi connectivity index (χ0v) is 13.8. The summed E-state index contributed by atoms with van der Waals surface area (Å²) in [5.74, 6) is 0.376. The lowest BCUT2D eigenvalue weighted by Crippen LogP contribution is -2.25. The van der Waals surface area contributed by atoms with E-state index in [1.165, 1.54) is 10.5 Å². The summed E-state index contributed by atoms with van der Waals surface area (Å²) in [5, 5.41) is 2.87. The van der Waals surface area contributed by atoms with Gasteiger partial charge in [-0.3, -0.25) is 9.59 Å². The highest BCUT2D eigenvalue weighted by molar-refractivity contribution is 6.06. The van der Waals surface area contributed by atoms with Gasteiger partial charge in [0.05, 0.1) is 18.7 Å². The second kappa shape index (κ2) is 6.74. The highest BCUT2D eigenvalue weighted by atomic mass is 16.5. The second-order valence-electron chi connectivity index (χ2n) is 5.74. The lowest BCUT2D eigenvalue weighted by Gasteiger charge is -2.17. The molecule has 5 heteroatoms. The summed E-state index contributed by atoms with van der Waals surface area (Å²) >= 11 is 0. The minimum atomic E-state index is -0.216. The largest absolute Gasteiger partial charge is 0.491 e. The maximum Gasteiger partial charge on any atom is 0.255 e. The van der Waals surface area contributed by atoms with E-state index >= 15 is 0 Å². The Morgan fingerprint density at radius 2 is 1.96 bits per heavy atom. The Kier molecular flexibility index (Phi) is 4.51. The number of carbonyl (C=O) groups excluding carboxylic acids is 2. The van der Waals surface area contributed by atoms with E-state index in [-0.39, 0.29) is 11.8 Å². The van der Waals surface area contributed by atoms with Crippen molar-refractivity contribution in [3.63, 3.8) is 0 Å². The Morgan fingerprint density at radius 1 is 1.21 bits per heavy atom. The molecule has 0 atom stereocenters. The van der Waals surface area contributed by atoms with Crippen LogP contribution in [-0.2, 0) is 11.2 Å². The number of ether oxygens (including phenoxy) is 1. The lowest BCUT2D eigenvalue weighted by molar-refractivity contribution is -0.118. The van der Waals surface area contributed by atoms with Gasteiger partial charge in [-0.1, -0.05) is 19.1 Å². The highest BCUT2D eigenvalue weighted by Gasteiger charge is 2.21. The molecule has 5 nitrogen and oxygen atoms in total. The average Bonchev–Trinajstić information content (AvgIpc) is 2.74. The molecule has 1 aliphatic rings. The van der Waals surface area contributed by atoms with Crippen LogP contribution in [0.1, 0.15) is 29.3 Å². The summed E-state index contributed by atoms with van der Waals surface area (Å²) in [6.07, 6.45) is 1.29. The van der Waals surface area contributed by atoms with Crippen molar-refractivity contribution in [1.29, 1.82) is 0 Å². The third kappa shape index (κ3) is 3.25. The van der Waals surface area contributed by atoms with Crippen LogP contribution in [0.15, 0.2) is 42.5 Å². The van der Waals surface area contributed by atoms with Gasteiger partial charge >= 0.3 is 0 Å². The van der Waals surface area contributed by atoms with Gasteiger partial charge in [-0.2, -0.15) is 0 Å². The van der Waals surface area contributed by atoms with Gasteiger partial charge in [-0.25, -0.2) is 0 Å². The summed E-state index contributed by atoms with van der Waals surface area (Å²) in [6, 6.07) is 12.9. The molecule has 0 aliphatic carbocycles. The van der Waals surface area contributed by atoms with Gasteiger partial charge in [0.15, 0.2) is 0 Å². The third-order valence-electron chi connectivity index (χ3n) is 4.15. The topological polar surface area (TPSA) is 58.6 Å². The van der Waals surface area contributed by atoms with Gasteiger partial charge in [0, 0.05) is 18.3 Å². The van der Waals surface area contributed by atoms with Gasteiger partial charge in [-0.05, 0) is 42.3 Å². The Labute approximate surface area is 141 Å². The van der Waals surface area contributed by atoms with Gasteiger partial charge in [0.2, 0.25) is 5.91 Å². The number of rotatable bonds is 3. The molecule has 0 spiro atoms. The monoisotopic (exact) mass is 324 g/mol. The summed E-state index contributed by atoms with van der Waals surface area (Å²) in [4.78, 5) is 26.0. The smallest absolute Gasteiger partial charge is 0.255 e. The zero-order valence-electron chi connectivity index (χ0n) is 13.8. The first kappa shape index (κ1) is 16.1. The normalized spacial score (nSPS) is 13.8. The van der Waals surface area contributed by atoms with Crippen molar-refractivity contribution in [3.8, 4) is 5.75 Å². The van der Waals surface area contributed by atoms with Crippen LogP contribution in [0.25, 0.3) is 0 Å². The number of amides is 2. The van der Waals surface area contributed by atoms with E-state index in [0.717, 1.165) is 12.1 Å². The van der Waals surface area contributed by atoms with Crippen molar-refractivity contribution in [2.24, 2.45) is 0 Å². The van der Waals surface area contributed by atoms with Gasteiger partial charge in [0.1, 0.15) is 5.75 Å². The first-order valence-corrected chi connectivity index (χ1v) is 8.02. The van der Waals surface area contributed by atoms with Gasteiger partial charge in [0.25, 0.3) is 5.91 Å². The maximum atomic E-state index is 12.5. The summed E-state index contributed by atoms with van der Waals surface area (Å²) in [7, 11) is 1.70. The van der Waals surface area contributed by atoms with Crippen molar-refractivity contribution in [2.45, 2.75) is 19.8 Å². The Balaban J connectivity index is 1.82. The summed E-state index contributed by atoms with van der Waals surface area (Å²) in [6.45, 7) is 2.44. The molecule has 0 saturated heterocycles. The second-order valence-corrected chi connectivity index (χ2v) is 5.74. The molecule has 2 aromatic rings. The fourth-order valence-corrected chi connectivity index (χ4v) is 2.62. The van der Waals surface area contributed by atoms with E-state index < -0.39 is 0 Å². The fourth-order valence-electron chi connectivity index (χ4n) is 2.62. The van der Waals surface area contributed by atoms with Crippen LogP contribution in [0.4, 0.5) is 11.4 Å². The van der Waals surface area contributed by atoms with Crippen LogP contribution in [0, 0.1) is 0 Å². The predicted octanol–water partition coefficient (Wildman–Crippen LogP) is 3.25. The minimum Gasteiger partial charge on any atom is -0.491 e. The van der Waals surface area contributed by atoms with E-state index in [9.17, 15) is 9.59 Å². The highest BCUT2D eigenvalue weighted by Crippen LogP contribution is 2.31. The van der Waals surface area contributed by atoms with Crippen molar-refractivity contribution in [3.05, 3.63) is 53.6 Å².